The molecular weight excluding hydrogens is 231 g/mol. The van der Waals surface area contributed by atoms with E-state index in [1.54, 1.807) is 0 Å². The zero-order chi connectivity index (χ0) is 12.4. The third-order valence-corrected chi connectivity index (χ3v) is 2.00. The molecular formula is C8H15N4O3P. The summed E-state index contributed by atoms with van der Waals surface area (Å²) >= 11 is 0. The third kappa shape index (κ3) is 8.05. The maximum absolute atomic E-state index is 10.7. The Morgan fingerprint density at radius 1 is 1.50 bits per heavy atom. The molecule has 0 fully saturated rings. The van der Waals surface area contributed by atoms with Crippen molar-refractivity contribution in [2.24, 2.45) is 16.5 Å². The van der Waals surface area contributed by atoms with Gasteiger partial charge in [-0.1, -0.05) is 0 Å². The van der Waals surface area contributed by atoms with Gasteiger partial charge in [-0.25, -0.2) is 0 Å². The van der Waals surface area contributed by atoms with E-state index in [2.05, 4.69) is 16.1 Å². The molecule has 0 amide bonds. The van der Waals surface area contributed by atoms with E-state index in [0.29, 0.717) is 25.8 Å². The van der Waals surface area contributed by atoms with Gasteiger partial charge in [0.15, 0.2) is 0 Å². The molecule has 8 heteroatoms. The van der Waals surface area contributed by atoms with Gasteiger partial charge in [0.2, 0.25) is 0 Å². The molecule has 0 aromatic rings. The van der Waals surface area contributed by atoms with E-state index in [0.717, 1.165) is 0 Å². The van der Waals surface area contributed by atoms with Gasteiger partial charge in [0, 0.05) is 0 Å². The number of nitrogens with zero attached hydrogens (tertiary/aromatic N) is 1. The van der Waals surface area contributed by atoms with Crippen LogP contribution in [0.15, 0.2) is 4.99 Å². The summed E-state index contributed by atoms with van der Waals surface area (Å²) in [6, 6.07) is -0.777. The van der Waals surface area contributed by atoms with Crippen molar-refractivity contribution in [3.8, 4) is 5.75 Å². The third-order valence-electron chi connectivity index (χ3n) is 1.78. The first-order chi connectivity index (χ1) is 7.57. The average Bonchev–Trinajstić information content (AvgIpc) is 2.21. The van der Waals surface area contributed by atoms with Crippen molar-refractivity contribution < 1.29 is 14.5 Å². The van der Waals surface area contributed by atoms with E-state index in [1.807, 2.05) is 0 Å². The molecule has 1 atom stereocenters. The fraction of sp³-hybridized carbons (Fsp3) is 0.625. The van der Waals surface area contributed by atoms with E-state index in [-0.39, 0.29) is 13.9 Å². The molecule has 6 N–H and O–H groups in total. The molecule has 0 rings (SSSR count). The normalized spacial score (nSPS) is 11.2. The van der Waals surface area contributed by atoms with Crippen LogP contribution in [0.4, 0.5) is 0 Å². The second-order valence-corrected chi connectivity index (χ2v) is 3.45. The Labute approximate surface area is 94.4 Å². The molecule has 0 spiro atoms. The topological polar surface area (TPSA) is 131 Å². The molecule has 0 bridgehead atoms. The number of guanidine groups is 1. The number of aliphatic imine (C=N–C) groups is 1. The van der Waals surface area contributed by atoms with E-state index < -0.39 is 12.0 Å². The Bertz CT molecular complexity index is 347. The summed E-state index contributed by atoms with van der Waals surface area (Å²) in [5.74, 6) is 1.23. The van der Waals surface area contributed by atoms with Crippen molar-refractivity contribution in [1.29, 1.82) is 0 Å². The number of rotatable bonds is 7. The molecule has 16 heavy (non-hydrogen) atoms. The summed E-state index contributed by atoms with van der Waals surface area (Å²) in [5, 5.41) is 11.2. The van der Waals surface area contributed by atoms with Crippen molar-refractivity contribution in [2.45, 2.75) is 25.3 Å². The number of nitrogens with two attached hydrogens (primary N) is 2. The molecule has 0 unspecified atom stereocenters. The van der Waals surface area contributed by atoms with Gasteiger partial charge in [-0.05, 0) is 0 Å². The average molecular weight is 246 g/mol. The SMILES string of the molecule is NC(N)=NCCCC[C@H](NC#P=O)C(=O)O. The number of hydrogen-bond acceptors (Lipinski definition) is 4. The second-order valence-electron chi connectivity index (χ2n) is 3.04. The minimum absolute atomic E-state index is 0.0275. The standard InChI is InChI=1S/C8H15N4O3P/c9-8(10)11-4-2-1-3-6(7(13)14)12-5-16-15/h6,12H,1-4H2,(H,13,14)(H4,9,10,11)/t6-/m0/s1. The summed E-state index contributed by atoms with van der Waals surface area (Å²) < 4.78 is 10.1. The van der Waals surface area contributed by atoms with Crippen LogP contribution in [-0.2, 0) is 9.36 Å². The van der Waals surface area contributed by atoms with Gasteiger partial charge < -0.3 is 0 Å². The van der Waals surface area contributed by atoms with E-state index in [1.165, 1.54) is 0 Å². The molecule has 0 aromatic carbocycles. The number of unbranched alkanes of at least 4 members (excludes halogenated alkanes) is 1. The summed E-state index contributed by atoms with van der Waals surface area (Å²) in [6.45, 7) is 0.474. The van der Waals surface area contributed by atoms with Crippen LogP contribution >= 0.6 is 7.92 Å². The molecule has 0 saturated carbocycles. The van der Waals surface area contributed by atoms with Crippen LogP contribution in [0.1, 0.15) is 19.3 Å². The van der Waals surface area contributed by atoms with Crippen LogP contribution in [-0.4, -0.2) is 29.6 Å². The van der Waals surface area contributed by atoms with Crippen molar-refractivity contribution in [1.82, 2.24) is 5.32 Å². The predicted molar refractivity (Wildman–Crippen MR) is 60.6 cm³/mol. The summed E-state index contributed by atoms with van der Waals surface area (Å²) in [4.78, 5) is 14.5. The molecule has 0 aliphatic heterocycles. The van der Waals surface area contributed by atoms with Gasteiger partial charge in [-0.3, -0.25) is 0 Å². The predicted octanol–water partition coefficient (Wildman–Crippen LogP) is -0.319. The van der Waals surface area contributed by atoms with E-state index in [9.17, 15) is 9.36 Å². The van der Waals surface area contributed by atoms with Crippen LogP contribution in [0, 0.1) is 5.75 Å². The van der Waals surface area contributed by atoms with Gasteiger partial charge >= 0.3 is 93.7 Å². The Kier molecular flexibility index (Phi) is 8.25. The monoisotopic (exact) mass is 246 g/mol. The molecule has 0 radical (unpaired) electrons. The fourth-order valence-corrected chi connectivity index (χ4v) is 1.24. The van der Waals surface area contributed by atoms with Gasteiger partial charge in [-0.15, -0.1) is 0 Å². The molecule has 0 aliphatic rings. The summed E-state index contributed by atoms with van der Waals surface area (Å²) in [5.41, 5.74) is 10.2. The van der Waals surface area contributed by atoms with Gasteiger partial charge in [-0.2, -0.15) is 0 Å². The van der Waals surface area contributed by atoms with E-state index in [4.69, 9.17) is 16.6 Å². The van der Waals surface area contributed by atoms with Crippen molar-refractivity contribution in [3.05, 3.63) is 0 Å². The zero-order valence-corrected chi connectivity index (χ0v) is 9.61. The molecule has 0 heterocycles. The van der Waals surface area contributed by atoms with E-state index >= 15 is 0 Å². The maximum atomic E-state index is 10.7. The van der Waals surface area contributed by atoms with Crippen LogP contribution in [0.2, 0.25) is 0 Å². The number of carbonyl (C=O) groups is 1. The first-order valence-corrected chi connectivity index (χ1v) is 5.50. The molecule has 0 aromatic heterocycles. The Morgan fingerprint density at radius 3 is 2.69 bits per heavy atom. The molecule has 0 aliphatic carbocycles. The Hall–Kier alpha value is -1.29. The second kappa shape index (κ2) is 8.97. The number of aliphatic carboxylic acids is 1. The number of nitrogens with one attached hydrogen (secondary N) is 1. The minimum atomic E-state index is -1.00. The van der Waals surface area contributed by atoms with Crippen molar-refractivity contribution in [2.75, 3.05) is 6.54 Å². The number of carboxylic acid groups (broad SMARTS) is 1. The van der Waals surface area contributed by atoms with Crippen LogP contribution in [0.25, 0.3) is 0 Å². The molecule has 7 nitrogen and oxygen atoms in total. The first-order valence-electron chi connectivity index (χ1n) is 4.69. The zero-order valence-electron chi connectivity index (χ0n) is 8.72. The van der Waals surface area contributed by atoms with Gasteiger partial charge in [0.25, 0.3) is 0 Å². The Balaban J connectivity index is 3.84. The number of carboxylic acids is 1. The number of hydrogen-bond donors (Lipinski definition) is 4. The molecule has 0 saturated heterocycles. The summed E-state index contributed by atoms with van der Waals surface area (Å²) in [6.07, 6.45) is 1.74. The van der Waals surface area contributed by atoms with Crippen LogP contribution < -0.4 is 16.8 Å². The van der Waals surface area contributed by atoms with Gasteiger partial charge in [0.05, 0.1) is 0 Å². The van der Waals surface area contributed by atoms with Crippen LogP contribution in [0.5, 0.6) is 0 Å². The summed E-state index contributed by atoms with van der Waals surface area (Å²) in [7, 11) is -0.359. The first kappa shape index (κ1) is 14.7. The quantitative estimate of drug-likeness (QED) is 0.160. The Morgan fingerprint density at radius 2 is 2.19 bits per heavy atom. The fourth-order valence-electron chi connectivity index (χ4n) is 1.03. The van der Waals surface area contributed by atoms with Crippen molar-refractivity contribution >= 4 is 19.8 Å². The van der Waals surface area contributed by atoms with Crippen LogP contribution in [0.3, 0.4) is 0 Å². The van der Waals surface area contributed by atoms with Gasteiger partial charge in [0.1, 0.15) is 0 Å². The molecule has 90 valence electrons. The van der Waals surface area contributed by atoms with Crippen molar-refractivity contribution in [3.63, 3.8) is 0 Å².